The summed E-state index contributed by atoms with van der Waals surface area (Å²) in [6.07, 6.45) is 4.16. The van der Waals surface area contributed by atoms with E-state index in [1.807, 2.05) is 18.0 Å². The normalized spacial score (nSPS) is 20.2. The standard InChI is InChI=1S/C17H16N8O2S2/c1-24-12-9(13-16(24)22-11(29-13)4-8-2-3-20-23-8)5-21-25(17(12)27)6-10-14(15(18)26)28-7-19-10/h2-3,5,7,9,12H,4,6H2,1H3,(H2,18,26)(H,20,23). The zero-order chi connectivity index (χ0) is 20.1. The average molecular weight is 429 g/mol. The maximum Gasteiger partial charge on any atom is 0.266 e. The van der Waals surface area contributed by atoms with Gasteiger partial charge >= 0.3 is 0 Å². The van der Waals surface area contributed by atoms with E-state index in [0.717, 1.165) is 32.7 Å². The molecule has 5 heterocycles. The zero-order valence-corrected chi connectivity index (χ0v) is 16.9. The number of rotatable bonds is 5. The Labute approximate surface area is 173 Å². The number of amides is 2. The van der Waals surface area contributed by atoms with Crippen molar-refractivity contribution in [1.82, 2.24) is 25.2 Å². The molecule has 2 aliphatic heterocycles. The van der Waals surface area contributed by atoms with Gasteiger partial charge in [0.15, 0.2) is 0 Å². The Morgan fingerprint density at radius 3 is 3.03 bits per heavy atom. The van der Waals surface area contributed by atoms with Crippen LogP contribution in [0.25, 0.3) is 0 Å². The molecule has 29 heavy (non-hydrogen) atoms. The molecule has 2 unspecified atom stereocenters. The number of anilines is 1. The maximum absolute atomic E-state index is 13.1. The fourth-order valence-electron chi connectivity index (χ4n) is 3.65. The first kappa shape index (κ1) is 17.9. The molecule has 0 radical (unpaired) electrons. The van der Waals surface area contributed by atoms with Gasteiger partial charge in [-0.25, -0.2) is 15.0 Å². The third-order valence-corrected chi connectivity index (χ3v) is 7.04. The Kier molecular flexibility index (Phi) is 4.17. The molecule has 3 aromatic heterocycles. The lowest BCUT2D eigenvalue weighted by Crippen LogP contribution is -2.49. The molecule has 10 nitrogen and oxygen atoms in total. The zero-order valence-electron chi connectivity index (χ0n) is 15.3. The minimum atomic E-state index is -0.553. The van der Waals surface area contributed by atoms with Crippen LogP contribution in [-0.2, 0) is 17.8 Å². The Balaban J connectivity index is 1.40. The van der Waals surface area contributed by atoms with Gasteiger partial charge in [0.05, 0.1) is 28.5 Å². The maximum atomic E-state index is 13.1. The summed E-state index contributed by atoms with van der Waals surface area (Å²) in [6, 6.07) is 1.51. The van der Waals surface area contributed by atoms with E-state index >= 15 is 0 Å². The molecule has 148 valence electrons. The second kappa shape index (κ2) is 6.74. The molecule has 0 fully saturated rings. The Morgan fingerprint density at radius 2 is 2.28 bits per heavy atom. The van der Waals surface area contributed by atoms with Gasteiger partial charge in [0.25, 0.3) is 11.8 Å². The summed E-state index contributed by atoms with van der Waals surface area (Å²) in [5.74, 6) is -0.0304. The van der Waals surface area contributed by atoms with Crippen molar-refractivity contribution >= 4 is 46.5 Å². The van der Waals surface area contributed by atoms with Gasteiger partial charge in [-0.05, 0) is 6.07 Å². The molecule has 2 aliphatic rings. The number of nitrogens with one attached hydrogen (secondary N) is 1. The van der Waals surface area contributed by atoms with Gasteiger partial charge in [-0.15, -0.1) is 22.7 Å². The molecule has 0 saturated heterocycles. The minimum Gasteiger partial charge on any atom is -0.365 e. The second-order valence-electron chi connectivity index (χ2n) is 6.79. The number of hydrogen-bond donors (Lipinski definition) is 2. The second-order valence-corrected chi connectivity index (χ2v) is 8.76. The topological polar surface area (TPSA) is 133 Å². The van der Waals surface area contributed by atoms with E-state index < -0.39 is 11.9 Å². The Bertz CT molecular complexity index is 1120. The minimum absolute atomic E-state index is 0.111. The SMILES string of the molecule is CN1c2nc(Cc3ccn[nH]3)sc2C2C=NN(Cc3ncsc3C(N)=O)C(=O)C21. The fourth-order valence-corrected chi connectivity index (χ4v) is 5.52. The molecule has 12 heteroatoms. The van der Waals surface area contributed by atoms with Crippen LogP contribution in [0.2, 0.25) is 0 Å². The lowest BCUT2D eigenvalue weighted by Gasteiger charge is -2.31. The number of H-pyrrole nitrogens is 1. The molecule has 2 amide bonds. The summed E-state index contributed by atoms with van der Waals surface area (Å²) in [6.45, 7) is 0.111. The molecule has 3 aromatic rings. The number of aromatic amines is 1. The van der Waals surface area contributed by atoms with E-state index in [1.165, 1.54) is 5.01 Å². The molecular weight excluding hydrogens is 412 g/mol. The van der Waals surface area contributed by atoms with Crippen molar-refractivity contribution in [3.05, 3.63) is 43.9 Å². The van der Waals surface area contributed by atoms with Crippen LogP contribution in [0, 0.1) is 0 Å². The molecule has 2 atom stereocenters. The summed E-state index contributed by atoms with van der Waals surface area (Å²) in [7, 11) is 1.87. The number of fused-ring (bicyclic) bond motifs is 3. The predicted octanol–water partition coefficient (Wildman–Crippen LogP) is 0.943. The number of nitrogens with two attached hydrogens (primary N) is 1. The molecular formula is C17H16N8O2S2. The van der Waals surface area contributed by atoms with Crippen LogP contribution in [0.1, 0.15) is 36.9 Å². The molecule has 0 bridgehead atoms. The van der Waals surface area contributed by atoms with Crippen molar-refractivity contribution in [3.8, 4) is 0 Å². The number of hydrazone groups is 1. The van der Waals surface area contributed by atoms with E-state index in [2.05, 4.69) is 20.3 Å². The average Bonchev–Trinajstić information content (AvgIpc) is 3.45. The largest absolute Gasteiger partial charge is 0.365 e. The quantitative estimate of drug-likeness (QED) is 0.621. The van der Waals surface area contributed by atoms with Crippen molar-refractivity contribution in [1.29, 1.82) is 0 Å². The lowest BCUT2D eigenvalue weighted by atomic mass is 10.0. The van der Waals surface area contributed by atoms with Gasteiger partial charge in [0, 0.05) is 31.6 Å². The highest BCUT2D eigenvalue weighted by Crippen LogP contribution is 2.45. The van der Waals surface area contributed by atoms with Crippen LogP contribution in [0.4, 0.5) is 5.82 Å². The smallest absolute Gasteiger partial charge is 0.266 e. The van der Waals surface area contributed by atoms with Crippen LogP contribution >= 0.6 is 22.7 Å². The monoisotopic (exact) mass is 428 g/mol. The van der Waals surface area contributed by atoms with E-state index in [1.54, 1.807) is 29.3 Å². The van der Waals surface area contributed by atoms with Gasteiger partial charge in [-0.2, -0.15) is 10.2 Å². The first-order valence-electron chi connectivity index (χ1n) is 8.81. The number of hydrogen-bond acceptors (Lipinski definition) is 9. The van der Waals surface area contributed by atoms with Gasteiger partial charge in [0.2, 0.25) is 0 Å². The van der Waals surface area contributed by atoms with Crippen molar-refractivity contribution in [2.45, 2.75) is 24.9 Å². The van der Waals surface area contributed by atoms with Gasteiger partial charge in [-0.3, -0.25) is 14.7 Å². The summed E-state index contributed by atoms with van der Waals surface area (Å²) in [5, 5.41) is 13.6. The van der Waals surface area contributed by atoms with Crippen LogP contribution in [0.5, 0.6) is 0 Å². The highest BCUT2D eigenvalue weighted by atomic mass is 32.1. The van der Waals surface area contributed by atoms with Crippen molar-refractivity contribution in [3.63, 3.8) is 0 Å². The fraction of sp³-hybridized carbons (Fsp3) is 0.294. The number of carbonyl (C=O) groups is 2. The van der Waals surface area contributed by atoms with Gasteiger partial charge in [-0.1, -0.05) is 0 Å². The third kappa shape index (κ3) is 2.91. The van der Waals surface area contributed by atoms with Gasteiger partial charge in [0.1, 0.15) is 21.7 Å². The van der Waals surface area contributed by atoms with E-state index in [9.17, 15) is 9.59 Å². The number of likely N-dealkylation sites (N-methyl/N-ethyl adjacent to an activating group) is 1. The van der Waals surface area contributed by atoms with Crippen LogP contribution in [0.15, 0.2) is 22.9 Å². The number of carbonyl (C=O) groups excluding carboxylic acids is 2. The van der Waals surface area contributed by atoms with Gasteiger partial charge < -0.3 is 10.6 Å². The summed E-state index contributed by atoms with van der Waals surface area (Å²) in [4.78, 5) is 36.8. The van der Waals surface area contributed by atoms with Crippen molar-refractivity contribution < 1.29 is 9.59 Å². The molecule has 0 saturated carbocycles. The van der Waals surface area contributed by atoms with E-state index in [4.69, 9.17) is 10.7 Å². The molecule has 0 aliphatic carbocycles. The number of primary amides is 1. The third-order valence-electron chi connectivity index (χ3n) is 5.01. The Hall–Kier alpha value is -3.12. The highest BCUT2D eigenvalue weighted by Gasteiger charge is 2.47. The molecule has 3 N–H and O–H groups in total. The highest BCUT2D eigenvalue weighted by molar-refractivity contribution is 7.12. The lowest BCUT2D eigenvalue weighted by molar-refractivity contribution is -0.134. The van der Waals surface area contributed by atoms with E-state index in [0.29, 0.717) is 17.0 Å². The first-order valence-corrected chi connectivity index (χ1v) is 10.5. The Morgan fingerprint density at radius 1 is 1.41 bits per heavy atom. The number of thiazole rings is 2. The summed E-state index contributed by atoms with van der Waals surface area (Å²) < 4.78 is 0. The van der Waals surface area contributed by atoms with Crippen molar-refractivity contribution in [2.24, 2.45) is 10.8 Å². The van der Waals surface area contributed by atoms with Crippen LogP contribution in [0.3, 0.4) is 0 Å². The number of nitrogens with zero attached hydrogens (tertiary/aromatic N) is 6. The van der Waals surface area contributed by atoms with Crippen LogP contribution < -0.4 is 10.6 Å². The predicted molar refractivity (Wildman–Crippen MR) is 108 cm³/mol. The molecule has 0 spiro atoms. The first-order chi connectivity index (χ1) is 14.0. The number of aromatic nitrogens is 4. The molecule has 5 rings (SSSR count). The van der Waals surface area contributed by atoms with Crippen molar-refractivity contribution in [2.75, 3.05) is 11.9 Å². The molecule has 0 aromatic carbocycles. The summed E-state index contributed by atoms with van der Waals surface area (Å²) in [5.41, 5.74) is 8.37. The van der Waals surface area contributed by atoms with Crippen LogP contribution in [-0.4, -0.2) is 56.3 Å². The summed E-state index contributed by atoms with van der Waals surface area (Å²) >= 11 is 2.75. The van der Waals surface area contributed by atoms with E-state index in [-0.39, 0.29) is 18.4 Å².